The number of alkyl carbamates (subject to hydrolysis) is 1. The number of hydrogen-bond acceptors (Lipinski definition) is 2. The Balaban J connectivity index is 2.53. The van der Waals surface area contributed by atoms with E-state index in [0.717, 1.165) is 0 Å². The zero-order valence-corrected chi connectivity index (χ0v) is 11.6. The zero-order valence-electron chi connectivity index (χ0n) is 11.6. The van der Waals surface area contributed by atoms with Gasteiger partial charge in [0, 0.05) is 0 Å². The molecule has 1 rings (SSSR count). The molecule has 19 heavy (non-hydrogen) atoms. The molecule has 0 aliphatic rings. The van der Waals surface area contributed by atoms with Crippen LogP contribution in [0.3, 0.4) is 0 Å². The van der Waals surface area contributed by atoms with Crippen LogP contribution >= 0.6 is 0 Å². The second-order valence-electron chi connectivity index (χ2n) is 5.09. The van der Waals surface area contributed by atoms with Crippen molar-refractivity contribution in [2.24, 2.45) is 0 Å². The molecule has 0 atom stereocenters. The van der Waals surface area contributed by atoms with Crippen molar-refractivity contribution in [2.75, 3.05) is 6.54 Å². The molecule has 0 aromatic heterocycles. The summed E-state index contributed by atoms with van der Waals surface area (Å²) in [4.78, 5) is 11.3. The molecule has 0 spiro atoms. The minimum absolute atomic E-state index is 0.113. The highest BCUT2D eigenvalue weighted by molar-refractivity contribution is 5.68. The molecule has 0 bridgehead atoms. The van der Waals surface area contributed by atoms with Gasteiger partial charge in [-0.25, -0.2) is 9.18 Å². The summed E-state index contributed by atoms with van der Waals surface area (Å²) in [6.07, 6.45) is -0.536. The van der Waals surface area contributed by atoms with Gasteiger partial charge in [-0.1, -0.05) is 24.0 Å². The van der Waals surface area contributed by atoms with E-state index in [1.807, 2.05) is 0 Å². The van der Waals surface area contributed by atoms with Crippen LogP contribution in [0.15, 0.2) is 18.2 Å². The van der Waals surface area contributed by atoms with Crippen LogP contribution in [-0.4, -0.2) is 18.2 Å². The standard InChI is InChI=1S/C15H18FNO2/c1-11-7-5-8-12(13(11)16)9-6-10-17-14(18)19-15(2,3)4/h5,7-8H,10H2,1-4H3,(H,17,18). The predicted octanol–water partition coefficient (Wildman–Crippen LogP) is 3.01. The van der Waals surface area contributed by atoms with E-state index in [-0.39, 0.29) is 12.4 Å². The number of benzene rings is 1. The summed E-state index contributed by atoms with van der Waals surface area (Å²) in [5.74, 6) is 5.03. The Kier molecular flexibility index (Phi) is 4.94. The van der Waals surface area contributed by atoms with Gasteiger partial charge in [-0.15, -0.1) is 0 Å². The fraction of sp³-hybridized carbons (Fsp3) is 0.400. The first-order chi connectivity index (χ1) is 8.79. The lowest BCUT2D eigenvalue weighted by Gasteiger charge is -2.19. The van der Waals surface area contributed by atoms with Gasteiger partial charge in [0.25, 0.3) is 0 Å². The van der Waals surface area contributed by atoms with Crippen molar-refractivity contribution >= 4 is 6.09 Å². The molecule has 0 unspecified atom stereocenters. The molecule has 0 radical (unpaired) electrons. The highest BCUT2D eigenvalue weighted by Gasteiger charge is 2.14. The van der Waals surface area contributed by atoms with Crippen LogP contribution in [0.1, 0.15) is 31.9 Å². The highest BCUT2D eigenvalue weighted by Crippen LogP contribution is 2.10. The summed E-state index contributed by atoms with van der Waals surface area (Å²) >= 11 is 0. The first kappa shape index (κ1) is 15.0. The lowest BCUT2D eigenvalue weighted by Crippen LogP contribution is -2.32. The van der Waals surface area contributed by atoms with Gasteiger partial charge in [0.1, 0.15) is 11.4 Å². The fourth-order valence-corrected chi connectivity index (χ4v) is 1.31. The van der Waals surface area contributed by atoms with E-state index in [1.54, 1.807) is 45.9 Å². The first-order valence-corrected chi connectivity index (χ1v) is 6.00. The Labute approximate surface area is 113 Å². The molecule has 0 aliphatic carbocycles. The van der Waals surface area contributed by atoms with Crippen molar-refractivity contribution < 1.29 is 13.9 Å². The number of nitrogens with one attached hydrogen (secondary N) is 1. The lowest BCUT2D eigenvalue weighted by molar-refractivity contribution is 0.0535. The topological polar surface area (TPSA) is 38.3 Å². The van der Waals surface area contributed by atoms with Crippen LogP contribution in [0, 0.1) is 24.6 Å². The summed E-state index contributed by atoms with van der Waals surface area (Å²) in [6, 6.07) is 5.02. The maximum Gasteiger partial charge on any atom is 0.408 e. The van der Waals surface area contributed by atoms with Crippen molar-refractivity contribution in [3.05, 3.63) is 35.1 Å². The Morgan fingerprint density at radius 1 is 1.42 bits per heavy atom. The number of carbonyl (C=O) groups excluding carboxylic acids is 1. The second-order valence-corrected chi connectivity index (χ2v) is 5.09. The van der Waals surface area contributed by atoms with Crippen LogP contribution in [0.2, 0.25) is 0 Å². The van der Waals surface area contributed by atoms with Gasteiger partial charge in [0.15, 0.2) is 0 Å². The third kappa shape index (κ3) is 5.43. The molecule has 1 aromatic carbocycles. The van der Waals surface area contributed by atoms with E-state index in [2.05, 4.69) is 17.2 Å². The predicted molar refractivity (Wildman–Crippen MR) is 72.3 cm³/mol. The number of ether oxygens (including phenoxy) is 1. The van der Waals surface area contributed by atoms with E-state index in [0.29, 0.717) is 11.1 Å². The molecule has 1 aromatic rings. The van der Waals surface area contributed by atoms with Crippen LogP contribution in [0.25, 0.3) is 0 Å². The second kappa shape index (κ2) is 6.24. The average molecular weight is 263 g/mol. The van der Waals surface area contributed by atoms with Crippen molar-refractivity contribution in [1.29, 1.82) is 0 Å². The largest absolute Gasteiger partial charge is 0.444 e. The number of aryl methyl sites for hydroxylation is 1. The third-order valence-corrected chi connectivity index (χ3v) is 2.13. The van der Waals surface area contributed by atoms with Crippen molar-refractivity contribution in [1.82, 2.24) is 5.32 Å². The summed E-state index contributed by atoms with van der Waals surface area (Å²) in [6.45, 7) is 7.13. The molecule has 0 heterocycles. The van der Waals surface area contributed by atoms with Crippen LogP contribution in [0.4, 0.5) is 9.18 Å². The van der Waals surface area contributed by atoms with Gasteiger partial charge in [-0.05, 0) is 39.3 Å². The van der Waals surface area contributed by atoms with E-state index in [9.17, 15) is 9.18 Å². The number of amides is 1. The Morgan fingerprint density at radius 2 is 2.11 bits per heavy atom. The Bertz CT molecular complexity index is 521. The van der Waals surface area contributed by atoms with E-state index in [4.69, 9.17) is 4.74 Å². The first-order valence-electron chi connectivity index (χ1n) is 6.00. The number of halogens is 1. The monoisotopic (exact) mass is 263 g/mol. The molecule has 3 nitrogen and oxygen atoms in total. The normalized spacial score (nSPS) is 10.4. The maximum absolute atomic E-state index is 13.6. The lowest BCUT2D eigenvalue weighted by atomic mass is 10.1. The summed E-state index contributed by atoms with van der Waals surface area (Å²) < 4.78 is 18.6. The molecule has 0 saturated carbocycles. The van der Waals surface area contributed by atoms with Crippen molar-refractivity contribution in [3.63, 3.8) is 0 Å². The summed E-state index contributed by atoms with van der Waals surface area (Å²) in [7, 11) is 0. The molecule has 1 amide bonds. The van der Waals surface area contributed by atoms with Crippen LogP contribution < -0.4 is 5.32 Å². The van der Waals surface area contributed by atoms with Crippen LogP contribution in [-0.2, 0) is 4.74 Å². The molecule has 1 N–H and O–H groups in total. The Morgan fingerprint density at radius 3 is 2.74 bits per heavy atom. The van der Waals surface area contributed by atoms with Crippen molar-refractivity contribution in [3.8, 4) is 11.8 Å². The summed E-state index contributed by atoms with van der Waals surface area (Å²) in [5, 5.41) is 2.49. The third-order valence-electron chi connectivity index (χ3n) is 2.13. The van der Waals surface area contributed by atoms with Crippen LogP contribution in [0.5, 0.6) is 0 Å². The minimum Gasteiger partial charge on any atom is -0.444 e. The van der Waals surface area contributed by atoms with E-state index < -0.39 is 11.7 Å². The van der Waals surface area contributed by atoms with Gasteiger partial charge < -0.3 is 10.1 Å². The molecular formula is C15H18FNO2. The maximum atomic E-state index is 13.6. The molecule has 4 heteroatoms. The minimum atomic E-state index is -0.542. The van der Waals surface area contributed by atoms with Gasteiger partial charge >= 0.3 is 6.09 Å². The Hall–Kier alpha value is -2.02. The summed E-state index contributed by atoms with van der Waals surface area (Å²) in [5.41, 5.74) is 0.332. The zero-order chi connectivity index (χ0) is 14.5. The highest BCUT2D eigenvalue weighted by atomic mass is 19.1. The van der Waals surface area contributed by atoms with Gasteiger partial charge in [-0.3, -0.25) is 0 Å². The van der Waals surface area contributed by atoms with E-state index >= 15 is 0 Å². The number of carbonyl (C=O) groups is 1. The van der Waals surface area contributed by atoms with Gasteiger partial charge in [0.2, 0.25) is 0 Å². The number of hydrogen-bond donors (Lipinski definition) is 1. The molecule has 102 valence electrons. The SMILES string of the molecule is Cc1cccc(C#CCNC(=O)OC(C)(C)C)c1F. The van der Waals surface area contributed by atoms with Crippen molar-refractivity contribution in [2.45, 2.75) is 33.3 Å². The van der Waals surface area contributed by atoms with Gasteiger partial charge in [-0.2, -0.15) is 0 Å². The molecular weight excluding hydrogens is 245 g/mol. The smallest absolute Gasteiger partial charge is 0.408 e. The van der Waals surface area contributed by atoms with Gasteiger partial charge in [0.05, 0.1) is 12.1 Å². The molecule has 0 aliphatic heterocycles. The molecule has 0 saturated heterocycles. The van der Waals surface area contributed by atoms with E-state index in [1.165, 1.54) is 0 Å². The molecule has 0 fully saturated rings. The number of rotatable bonds is 1. The quantitative estimate of drug-likeness (QED) is 0.791. The fourth-order valence-electron chi connectivity index (χ4n) is 1.31. The average Bonchev–Trinajstić information content (AvgIpc) is 2.27.